The highest BCUT2D eigenvalue weighted by molar-refractivity contribution is 5.96. The van der Waals surface area contributed by atoms with Gasteiger partial charge < -0.3 is 10.1 Å². The number of para-hydroxylation sites is 1. The molecule has 21 heavy (non-hydrogen) atoms. The van der Waals surface area contributed by atoms with Crippen LogP contribution < -0.4 is 10.1 Å². The minimum atomic E-state index is -2.96. The molecule has 0 unspecified atom stereocenters. The molecule has 0 aliphatic rings. The van der Waals surface area contributed by atoms with Crippen LogP contribution in [0.2, 0.25) is 0 Å². The number of nitrogens with one attached hydrogen (secondary N) is 1. The van der Waals surface area contributed by atoms with Gasteiger partial charge in [-0.15, -0.1) is 0 Å². The molecule has 0 fully saturated rings. The van der Waals surface area contributed by atoms with Gasteiger partial charge in [0.2, 0.25) is 0 Å². The monoisotopic (exact) mass is 295 g/mol. The van der Waals surface area contributed by atoms with Crippen molar-refractivity contribution in [2.75, 3.05) is 6.54 Å². The molecule has 1 amide bonds. The van der Waals surface area contributed by atoms with Crippen LogP contribution in [-0.2, 0) is 13.5 Å². The number of nitrogens with zero attached hydrogens (tertiary/aromatic N) is 2. The predicted octanol–water partition coefficient (Wildman–Crippen LogP) is 1.99. The van der Waals surface area contributed by atoms with Crippen LogP contribution in [0.1, 0.15) is 15.9 Å². The quantitative estimate of drug-likeness (QED) is 0.886. The molecular formula is C14H15F2N3O2. The number of hydrogen-bond donors (Lipinski definition) is 1. The van der Waals surface area contributed by atoms with Gasteiger partial charge in [0.05, 0.1) is 11.8 Å². The fourth-order valence-corrected chi connectivity index (χ4v) is 1.87. The number of amides is 1. The molecule has 0 saturated carbocycles. The zero-order chi connectivity index (χ0) is 15.2. The third-order valence-electron chi connectivity index (χ3n) is 2.81. The highest BCUT2D eigenvalue weighted by Gasteiger charge is 2.14. The average molecular weight is 295 g/mol. The normalized spacial score (nSPS) is 10.7. The van der Waals surface area contributed by atoms with Gasteiger partial charge in [0.1, 0.15) is 5.75 Å². The van der Waals surface area contributed by atoms with Crippen LogP contribution in [0.15, 0.2) is 36.7 Å². The van der Waals surface area contributed by atoms with Crippen molar-refractivity contribution in [3.63, 3.8) is 0 Å². The van der Waals surface area contributed by atoms with Crippen LogP contribution in [0.25, 0.3) is 0 Å². The van der Waals surface area contributed by atoms with Crippen molar-refractivity contribution in [2.45, 2.75) is 13.0 Å². The van der Waals surface area contributed by atoms with E-state index >= 15 is 0 Å². The second kappa shape index (κ2) is 6.83. The van der Waals surface area contributed by atoms with Crippen molar-refractivity contribution >= 4 is 5.91 Å². The van der Waals surface area contributed by atoms with Crippen molar-refractivity contribution in [1.29, 1.82) is 0 Å². The van der Waals surface area contributed by atoms with E-state index in [9.17, 15) is 13.6 Å². The third-order valence-corrected chi connectivity index (χ3v) is 2.81. The van der Waals surface area contributed by atoms with Crippen LogP contribution in [0.5, 0.6) is 5.75 Å². The Labute approximate surface area is 120 Å². The zero-order valence-electron chi connectivity index (χ0n) is 11.4. The second-order valence-electron chi connectivity index (χ2n) is 4.40. The Morgan fingerprint density at radius 3 is 2.86 bits per heavy atom. The molecule has 0 atom stereocenters. The Bertz CT molecular complexity index is 614. The van der Waals surface area contributed by atoms with E-state index in [1.807, 2.05) is 6.20 Å². The topological polar surface area (TPSA) is 56.2 Å². The number of rotatable bonds is 6. The average Bonchev–Trinajstić information content (AvgIpc) is 2.84. The van der Waals surface area contributed by atoms with Crippen LogP contribution in [0.4, 0.5) is 8.78 Å². The molecule has 0 aliphatic carbocycles. The SMILES string of the molecule is Cn1cc(CCNC(=O)c2ccccc2OC(F)F)cn1. The van der Waals surface area contributed by atoms with E-state index in [1.165, 1.54) is 18.2 Å². The van der Waals surface area contributed by atoms with Gasteiger partial charge in [-0.3, -0.25) is 9.48 Å². The van der Waals surface area contributed by atoms with Gasteiger partial charge in [-0.2, -0.15) is 13.9 Å². The number of aromatic nitrogens is 2. The van der Waals surface area contributed by atoms with E-state index < -0.39 is 12.5 Å². The lowest BCUT2D eigenvalue weighted by Crippen LogP contribution is -2.26. The number of hydrogen-bond acceptors (Lipinski definition) is 3. The van der Waals surface area contributed by atoms with E-state index in [0.29, 0.717) is 13.0 Å². The molecule has 0 spiro atoms. The lowest BCUT2D eigenvalue weighted by molar-refractivity contribution is -0.0501. The van der Waals surface area contributed by atoms with Gasteiger partial charge in [0, 0.05) is 19.8 Å². The smallest absolute Gasteiger partial charge is 0.387 e. The summed E-state index contributed by atoms with van der Waals surface area (Å²) in [5, 5.41) is 6.69. The summed E-state index contributed by atoms with van der Waals surface area (Å²) in [6.07, 6.45) is 4.16. The maximum absolute atomic E-state index is 12.3. The van der Waals surface area contributed by atoms with Gasteiger partial charge in [-0.25, -0.2) is 0 Å². The Hall–Kier alpha value is -2.44. The molecule has 0 bridgehead atoms. The highest BCUT2D eigenvalue weighted by atomic mass is 19.3. The molecule has 7 heteroatoms. The summed E-state index contributed by atoms with van der Waals surface area (Å²) >= 11 is 0. The molecule has 0 radical (unpaired) electrons. The fraction of sp³-hybridized carbons (Fsp3) is 0.286. The number of alkyl halides is 2. The Morgan fingerprint density at radius 1 is 1.43 bits per heavy atom. The largest absolute Gasteiger partial charge is 0.434 e. The predicted molar refractivity (Wildman–Crippen MR) is 72.3 cm³/mol. The first-order chi connectivity index (χ1) is 10.1. The van der Waals surface area contributed by atoms with Crippen molar-refractivity contribution in [1.82, 2.24) is 15.1 Å². The van der Waals surface area contributed by atoms with Crippen LogP contribution in [-0.4, -0.2) is 28.8 Å². The van der Waals surface area contributed by atoms with Crippen molar-refractivity contribution in [3.8, 4) is 5.75 Å². The number of carbonyl (C=O) groups excluding carboxylic acids is 1. The fourth-order valence-electron chi connectivity index (χ4n) is 1.87. The van der Waals surface area contributed by atoms with Crippen LogP contribution >= 0.6 is 0 Å². The van der Waals surface area contributed by atoms with E-state index in [2.05, 4.69) is 15.2 Å². The maximum atomic E-state index is 12.3. The van der Waals surface area contributed by atoms with Crippen LogP contribution in [0, 0.1) is 0 Å². The summed E-state index contributed by atoms with van der Waals surface area (Å²) in [6.45, 7) is -2.58. The molecule has 0 saturated heterocycles. The molecule has 2 rings (SSSR count). The van der Waals surface area contributed by atoms with Gasteiger partial charge in [0.25, 0.3) is 5.91 Å². The molecule has 1 heterocycles. The third kappa shape index (κ3) is 4.27. The first-order valence-corrected chi connectivity index (χ1v) is 6.36. The van der Waals surface area contributed by atoms with E-state index in [0.717, 1.165) is 5.56 Å². The molecule has 1 aromatic carbocycles. The summed E-state index contributed by atoms with van der Waals surface area (Å²) < 4.78 is 30.5. The maximum Gasteiger partial charge on any atom is 0.387 e. The lowest BCUT2D eigenvalue weighted by Gasteiger charge is -2.10. The standard InChI is InChI=1S/C14H15F2N3O2/c1-19-9-10(8-18-19)6-7-17-13(20)11-4-2-3-5-12(11)21-14(15)16/h2-5,8-9,14H,6-7H2,1H3,(H,17,20). The first-order valence-electron chi connectivity index (χ1n) is 6.36. The summed E-state index contributed by atoms with van der Waals surface area (Å²) in [5.41, 5.74) is 1.07. The Morgan fingerprint density at radius 2 is 2.19 bits per heavy atom. The summed E-state index contributed by atoms with van der Waals surface area (Å²) in [6, 6.07) is 5.90. The molecule has 2 aromatic rings. The molecular weight excluding hydrogens is 280 g/mol. The van der Waals surface area contributed by atoms with Crippen molar-refractivity contribution in [2.24, 2.45) is 7.05 Å². The summed E-state index contributed by atoms with van der Waals surface area (Å²) in [4.78, 5) is 12.0. The van der Waals surface area contributed by atoms with E-state index in [1.54, 1.807) is 24.0 Å². The van der Waals surface area contributed by atoms with Crippen LogP contribution in [0.3, 0.4) is 0 Å². The minimum Gasteiger partial charge on any atom is -0.434 e. The molecule has 1 N–H and O–H groups in total. The summed E-state index contributed by atoms with van der Waals surface area (Å²) in [5.74, 6) is -0.582. The van der Waals surface area contributed by atoms with Gasteiger partial charge in [-0.1, -0.05) is 12.1 Å². The van der Waals surface area contributed by atoms with Gasteiger partial charge >= 0.3 is 6.61 Å². The molecule has 1 aromatic heterocycles. The van der Waals surface area contributed by atoms with E-state index in [-0.39, 0.29) is 11.3 Å². The van der Waals surface area contributed by atoms with E-state index in [4.69, 9.17) is 0 Å². The molecule has 5 nitrogen and oxygen atoms in total. The minimum absolute atomic E-state index is 0.0870. The highest BCUT2D eigenvalue weighted by Crippen LogP contribution is 2.19. The number of benzene rings is 1. The molecule has 0 aliphatic heterocycles. The van der Waals surface area contributed by atoms with Gasteiger partial charge in [-0.05, 0) is 24.1 Å². The Kier molecular flexibility index (Phi) is 4.86. The lowest BCUT2D eigenvalue weighted by atomic mass is 10.2. The van der Waals surface area contributed by atoms with Crippen molar-refractivity contribution < 1.29 is 18.3 Å². The number of halogens is 2. The first kappa shape index (κ1) is 15.0. The Balaban J connectivity index is 1.94. The second-order valence-corrected chi connectivity index (χ2v) is 4.40. The molecule has 112 valence electrons. The number of ether oxygens (including phenoxy) is 1. The number of carbonyl (C=O) groups is 1. The zero-order valence-corrected chi connectivity index (χ0v) is 11.4. The van der Waals surface area contributed by atoms with Gasteiger partial charge in [0.15, 0.2) is 0 Å². The number of aryl methyl sites for hydroxylation is 1. The van der Waals surface area contributed by atoms with Crippen molar-refractivity contribution in [3.05, 3.63) is 47.8 Å². The summed E-state index contributed by atoms with van der Waals surface area (Å²) in [7, 11) is 1.81.